The van der Waals surface area contributed by atoms with Gasteiger partial charge in [0, 0.05) is 5.56 Å². The fourth-order valence-electron chi connectivity index (χ4n) is 2.84. The van der Waals surface area contributed by atoms with Crippen molar-refractivity contribution in [1.29, 1.82) is 0 Å². The maximum absolute atomic E-state index is 12.8. The molecule has 1 aromatic heterocycles. The molecule has 128 valence electrons. The molecule has 0 saturated carbocycles. The summed E-state index contributed by atoms with van der Waals surface area (Å²) in [7, 11) is 0. The van der Waals surface area contributed by atoms with Crippen LogP contribution in [0.3, 0.4) is 0 Å². The van der Waals surface area contributed by atoms with Crippen molar-refractivity contribution in [2.24, 2.45) is 0 Å². The molecule has 6 heteroatoms. The van der Waals surface area contributed by atoms with Crippen LogP contribution < -0.4 is 5.56 Å². The Labute approximate surface area is 142 Å². The number of hydrogen-bond donors (Lipinski definition) is 1. The van der Waals surface area contributed by atoms with Gasteiger partial charge >= 0.3 is 5.97 Å². The topological polar surface area (TPSA) is 59.3 Å². The number of hydrogen-bond acceptors (Lipinski definition) is 2. The largest absolute Gasteiger partial charge is 0.477 e. The van der Waals surface area contributed by atoms with Crippen molar-refractivity contribution < 1.29 is 18.7 Å². The molecule has 2 aromatic carbocycles. The van der Waals surface area contributed by atoms with Gasteiger partial charge in [-0.15, -0.1) is 0 Å². The molecule has 1 heterocycles. The first kappa shape index (κ1) is 16.8. The molecule has 25 heavy (non-hydrogen) atoms. The van der Waals surface area contributed by atoms with E-state index in [-0.39, 0.29) is 17.7 Å². The van der Waals surface area contributed by atoms with Crippen molar-refractivity contribution in [3.63, 3.8) is 0 Å². The van der Waals surface area contributed by atoms with E-state index < -0.39 is 18.0 Å². The SMILES string of the molecule is Cc1cc(C(F)F)ccc1Cn1c(=O)c(C(=O)O)cc2ccccc21. The van der Waals surface area contributed by atoms with Gasteiger partial charge in [0.25, 0.3) is 12.0 Å². The molecule has 3 rings (SSSR count). The van der Waals surface area contributed by atoms with E-state index in [1.807, 2.05) is 0 Å². The van der Waals surface area contributed by atoms with E-state index in [9.17, 15) is 23.5 Å². The molecule has 0 spiro atoms. The van der Waals surface area contributed by atoms with Crippen LogP contribution in [0.5, 0.6) is 0 Å². The molecule has 0 radical (unpaired) electrons. The van der Waals surface area contributed by atoms with Crippen LogP contribution in [-0.2, 0) is 6.54 Å². The van der Waals surface area contributed by atoms with E-state index in [0.29, 0.717) is 22.0 Å². The smallest absolute Gasteiger partial charge is 0.341 e. The van der Waals surface area contributed by atoms with Crippen LogP contribution in [0, 0.1) is 6.92 Å². The Kier molecular flexibility index (Phi) is 4.35. The van der Waals surface area contributed by atoms with Gasteiger partial charge in [-0.05, 0) is 35.6 Å². The number of halogens is 2. The standard InChI is InChI=1S/C19H15F2NO3/c1-11-8-13(17(20)21)6-7-14(11)10-22-16-5-3-2-4-12(16)9-15(18(22)23)19(24)25/h2-9,17H,10H2,1H3,(H,24,25). The Hall–Kier alpha value is -3.02. The highest BCUT2D eigenvalue weighted by atomic mass is 19.3. The van der Waals surface area contributed by atoms with Crippen LogP contribution in [0.2, 0.25) is 0 Å². The number of rotatable bonds is 4. The number of carbonyl (C=O) groups is 1. The Bertz CT molecular complexity index is 1020. The van der Waals surface area contributed by atoms with Gasteiger partial charge in [0.1, 0.15) is 5.56 Å². The average Bonchev–Trinajstić information content (AvgIpc) is 2.58. The van der Waals surface area contributed by atoms with Gasteiger partial charge in [-0.1, -0.05) is 36.4 Å². The zero-order chi connectivity index (χ0) is 18.1. The molecule has 0 amide bonds. The van der Waals surface area contributed by atoms with E-state index in [1.165, 1.54) is 22.8 Å². The zero-order valence-electron chi connectivity index (χ0n) is 13.4. The number of benzene rings is 2. The summed E-state index contributed by atoms with van der Waals surface area (Å²) in [6.07, 6.45) is -2.56. The first-order chi connectivity index (χ1) is 11.9. The van der Waals surface area contributed by atoms with Gasteiger partial charge in [-0.2, -0.15) is 0 Å². The fourth-order valence-corrected chi connectivity index (χ4v) is 2.84. The van der Waals surface area contributed by atoms with Crippen molar-refractivity contribution in [2.45, 2.75) is 19.9 Å². The Balaban J connectivity index is 2.17. The van der Waals surface area contributed by atoms with Crippen LogP contribution >= 0.6 is 0 Å². The monoisotopic (exact) mass is 343 g/mol. The summed E-state index contributed by atoms with van der Waals surface area (Å²) in [4.78, 5) is 23.9. The average molecular weight is 343 g/mol. The highest BCUT2D eigenvalue weighted by molar-refractivity contribution is 5.92. The van der Waals surface area contributed by atoms with Crippen molar-refractivity contribution in [3.8, 4) is 0 Å². The third-order valence-electron chi connectivity index (χ3n) is 4.18. The molecule has 0 fully saturated rings. The second-order valence-corrected chi connectivity index (χ2v) is 5.80. The van der Waals surface area contributed by atoms with Crippen molar-refractivity contribution in [1.82, 2.24) is 4.57 Å². The number of nitrogens with zero attached hydrogens (tertiary/aromatic N) is 1. The van der Waals surface area contributed by atoms with Crippen LogP contribution in [-0.4, -0.2) is 15.6 Å². The van der Waals surface area contributed by atoms with Crippen molar-refractivity contribution in [2.75, 3.05) is 0 Å². The number of carboxylic acids is 1. The maximum atomic E-state index is 12.8. The fraction of sp³-hybridized carbons (Fsp3) is 0.158. The molecule has 0 bridgehead atoms. The number of carboxylic acid groups (broad SMARTS) is 1. The highest BCUT2D eigenvalue weighted by Crippen LogP contribution is 2.23. The third kappa shape index (κ3) is 3.15. The van der Waals surface area contributed by atoms with E-state index in [0.717, 1.165) is 0 Å². The minimum atomic E-state index is -2.56. The van der Waals surface area contributed by atoms with Gasteiger partial charge in [0.05, 0.1) is 12.1 Å². The second-order valence-electron chi connectivity index (χ2n) is 5.80. The lowest BCUT2D eigenvalue weighted by Gasteiger charge is -2.14. The number of fused-ring (bicyclic) bond motifs is 1. The molecular weight excluding hydrogens is 328 g/mol. The lowest BCUT2D eigenvalue weighted by Crippen LogP contribution is -2.27. The minimum Gasteiger partial charge on any atom is -0.477 e. The van der Waals surface area contributed by atoms with Gasteiger partial charge in [-0.3, -0.25) is 4.79 Å². The lowest BCUT2D eigenvalue weighted by molar-refractivity contribution is 0.0694. The predicted octanol–water partition coefficient (Wildman–Crippen LogP) is 3.99. The molecular formula is C19H15F2NO3. The van der Waals surface area contributed by atoms with Gasteiger partial charge in [0.15, 0.2) is 0 Å². The quantitative estimate of drug-likeness (QED) is 0.779. The molecule has 0 aliphatic heterocycles. The summed E-state index contributed by atoms with van der Waals surface area (Å²) in [5, 5.41) is 9.90. The summed E-state index contributed by atoms with van der Waals surface area (Å²) in [5.41, 5.74) is 0.866. The Morgan fingerprint density at radius 1 is 1.16 bits per heavy atom. The first-order valence-corrected chi connectivity index (χ1v) is 7.62. The second kappa shape index (κ2) is 6.47. The summed E-state index contributed by atoms with van der Waals surface area (Å²) >= 11 is 0. The molecule has 0 aliphatic rings. The van der Waals surface area contributed by atoms with Crippen molar-refractivity contribution in [3.05, 3.63) is 81.1 Å². The Morgan fingerprint density at radius 2 is 1.88 bits per heavy atom. The number of pyridine rings is 1. The van der Waals surface area contributed by atoms with E-state index in [4.69, 9.17) is 0 Å². The Morgan fingerprint density at radius 3 is 2.52 bits per heavy atom. The number of aromatic nitrogens is 1. The minimum absolute atomic E-state index is 0.0854. The molecule has 3 aromatic rings. The van der Waals surface area contributed by atoms with E-state index >= 15 is 0 Å². The van der Waals surface area contributed by atoms with Crippen LogP contribution in [0.1, 0.15) is 33.5 Å². The number of aromatic carboxylic acids is 1. The van der Waals surface area contributed by atoms with Gasteiger partial charge < -0.3 is 9.67 Å². The first-order valence-electron chi connectivity index (χ1n) is 7.62. The lowest BCUT2D eigenvalue weighted by atomic mass is 10.0. The zero-order valence-corrected chi connectivity index (χ0v) is 13.4. The van der Waals surface area contributed by atoms with Gasteiger partial charge in [-0.25, -0.2) is 13.6 Å². The summed E-state index contributed by atoms with van der Waals surface area (Å²) < 4.78 is 27.0. The number of aryl methyl sites for hydroxylation is 1. The summed E-state index contributed by atoms with van der Waals surface area (Å²) in [6, 6.07) is 12.6. The molecule has 4 nitrogen and oxygen atoms in total. The molecule has 1 N–H and O–H groups in total. The molecule has 0 saturated heterocycles. The summed E-state index contributed by atoms with van der Waals surface area (Å²) in [5.74, 6) is -1.30. The molecule has 0 atom stereocenters. The normalized spacial score (nSPS) is 11.2. The van der Waals surface area contributed by atoms with Crippen LogP contribution in [0.4, 0.5) is 8.78 Å². The van der Waals surface area contributed by atoms with E-state index in [2.05, 4.69) is 0 Å². The molecule has 0 unspecified atom stereocenters. The number of para-hydroxylation sites is 1. The van der Waals surface area contributed by atoms with Crippen LogP contribution in [0.25, 0.3) is 10.9 Å². The van der Waals surface area contributed by atoms with Crippen molar-refractivity contribution >= 4 is 16.9 Å². The summed E-state index contributed by atoms with van der Waals surface area (Å²) in [6.45, 7) is 1.80. The number of alkyl halides is 2. The highest BCUT2D eigenvalue weighted by Gasteiger charge is 2.16. The van der Waals surface area contributed by atoms with E-state index in [1.54, 1.807) is 37.3 Å². The molecule has 0 aliphatic carbocycles. The predicted molar refractivity (Wildman–Crippen MR) is 90.4 cm³/mol. The third-order valence-corrected chi connectivity index (χ3v) is 4.18. The van der Waals surface area contributed by atoms with Gasteiger partial charge in [0.2, 0.25) is 0 Å². The maximum Gasteiger partial charge on any atom is 0.341 e. The van der Waals surface area contributed by atoms with Crippen LogP contribution in [0.15, 0.2) is 53.3 Å².